The first-order valence-corrected chi connectivity index (χ1v) is 9.38. The number of halogens is 1. The maximum atomic E-state index is 6.04. The maximum absolute atomic E-state index is 6.04. The highest BCUT2D eigenvalue weighted by atomic mass is 35.5. The summed E-state index contributed by atoms with van der Waals surface area (Å²) in [6.45, 7) is 9.85. The molecule has 2 aliphatic rings. The molecule has 6 heteroatoms. The lowest BCUT2D eigenvalue weighted by atomic mass is 9.71. The second-order valence-corrected chi connectivity index (χ2v) is 8.48. The van der Waals surface area contributed by atoms with E-state index in [0.29, 0.717) is 5.75 Å². The van der Waals surface area contributed by atoms with Crippen molar-refractivity contribution in [1.29, 1.82) is 0 Å². The largest absolute Gasteiger partial charge is 0.491 e. The summed E-state index contributed by atoms with van der Waals surface area (Å²) >= 11 is 6.04. The standard InChI is InChI=1S/C20H25ClN4O/c1-19-11-24(10-15-7-5-4-6-8-15)12-20(19,2)14-25(13-19)17-16(26-3)9-22-18(21)23-17/h4-9H,10-14H2,1-3H3/t19-,20+. The first-order valence-electron chi connectivity index (χ1n) is 9.00. The highest BCUT2D eigenvalue weighted by molar-refractivity contribution is 6.28. The molecule has 5 nitrogen and oxygen atoms in total. The summed E-state index contributed by atoms with van der Waals surface area (Å²) in [7, 11) is 1.65. The van der Waals surface area contributed by atoms with Crippen molar-refractivity contribution in [2.75, 3.05) is 38.2 Å². The zero-order valence-electron chi connectivity index (χ0n) is 15.6. The average molecular weight is 373 g/mol. The number of aromatic nitrogens is 2. The third-order valence-electron chi connectivity index (χ3n) is 6.16. The van der Waals surface area contributed by atoms with Crippen molar-refractivity contribution in [3.63, 3.8) is 0 Å². The number of anilines is 1. The number of nitrogens with zero attached hydrogens (tertiary/aromatic N) is 4. The Morgan fingerprint density at radius 1 is 1.08 bits per heavy atom. The van der Waals surface area contributed by atoms with Crippen LogP contribution in [-0.2, 0) is 6.54 Å². The van der Waals surface area contributed by atoms with E-state index in [-0.39, 0.29) is 16.1 Å². The van der Waals surface area contributed by atoms with Crippen LogP contribution in [0, 0.1) is 10.8 Å². The van der Waals surface area contributed by atoms with E-state index in [2.05, 4.69) is 63.9 Å². The van der Waals surface area contributed by atoms with Crippen molar-refractivity contribution >= 4 is 17.4 Å². The molecule has 2 atom stereocenters. The van der Waals surface area contributed by atoms with E-state index in [9.17, 15) is 0 Å². The van der Waals surface area contributed by atoms with Crippen molar-refractivity contribution in [3.8, 4) is 5.75 Å². The van der Waals surface area contributed by atoms with Gasteiger partial charge in [0, 0.05) is 43.6 Å². The monoisotopic (exact) mass is 372 g/mol. The topological polar surface area (TPSA) is 41.5 Å². The van der Waals surface area contributed by atoms with E-state index in [1.807, 2.05) is 0 Å². The minimum atomic E-state index is 0.199. The van der Waals surface area contributed by atoms with Gasteiger partial charge in [0.15, 0.2) is 11.6 Å². The second kappa shape index (κ2) is 6.39. The van der Waals surface area contributed by atoms with Crippen LogP contribution in [0.4, 0.5) is 5.82 Å². The molecule has 4 rings (SSSR count). The van der Waals surface area contributed by atoms with Crippen molar-refractivity contribution in [2.45, 2.75) is 20.4 Å². The average Bonchev–Trinajstić information content (AvgIpc) is 2.99. The molecule has 1 aromatic heterocycles. The smallest absolute Gasteiger partial charge is 0.224 e. The number of methoxy groups -OCH3 is 1. The van der Waals surface area contributed by atoms with Gasteiger partial charge in [0.2, 0.25) is 5.28 Å². The fourth-order valence-electron chi connectivity index (χ4n) is 4.62. The number of likely N-dealkylation sites (tertiary alicyclic amines) is 1. The predicted molar refractivity (Wildman–Crippen MR) is 104 cm³/mol. The fourth-order valence-corrected chi connectivity index (χ4v) is 4.75. The first kappa shape index (κ1) is 17.6. The molecule has 0 saturated carbocycles. The van der Waals surface area contributed by atoms with Crippen LogP contribution in [0.15, 0.2) is 36.5 Å². The Labute approximate surface area is 160 Å². The van der Waals surface area contributed by atoms with E-state index in [0.717, 1.165) is 38.5 Å². The molecule has 0 radical (unpaired) electrons. The predicted octanol–water partition coefficient (Wildman–Crippen LogP) is 3.49. The summed E-state index contributed by atoms with van der Waals surface area (Å²) in [5, 5.41) is 0.263. The van der Waals surface area contributed by atoms with Crippen molar-refractivity contribution in [3.05, 3.63) is 47.4 Å². The highest BCUT2D eigenvalue weighted by Gasteiger charge is 2.57. The van der Waals surface area contributed by atoms with Crippen LogP contribution in [-0.4, -0.2) is 48.2 Å². The van der Waals surface area contributed by atoms with E-state index in [4.69, 9.17) is 16.3 Å². The summed E-state index contributed by atoms with van der Waals surface area (Å²) < 4.78 is 5.47. The molecule has 2 fully saturated rings. The number of ether oxygens (including phenoxy) is 1. The van der Waals surface area contributed by atoms with Crippen LogP contribution in [0.25, 0.3) is 0 Å². The van der Waals surface area contributed by atoms with Crippen molar-refractivity contribution < 1.29 is 4.74 Å². The minimum absolute atomic E-state index is 0.199. The third-order valence-corrected chi connectivity index (χ3v) is 6.34. The molecule has 0 N–H and O–H groups in total. The molecule has 3 heterocycles. The Hall–Kier alpha value is -1.85. The molecule has 2 aromatic rings. The van der Waals surface area contributed by atoms with Gasteiger partial charge in [-0.05, 0) is 17.2 Å². The summed E-state index contributed by atoms with van der Waals surface area (Å²) in [5.41, 5.74) is 1.77. The molecule has 2 aliphatic heterocycles. The number of fused-ring (bicyclic) bond motifs is 1. The van der Waals surface area contributed by atoms with Gasteiger partial charge in [0.1, 0.15) is 0 Å². The van der Waals surface area contributed by atoms with Gasteiger partial charge in [-0.1, -0.05) is 44.2 Å². The number of rotatable bonds is 4. The zero-order chi connectivity index (χ0) is 18.4. The molecule has 0 amide bonds. The molecule has 0 bridgehead atoms. The Kier molecular flexibility index (Phi) is 4.32. The van der Waals surface area contributed by atoms with Gasteiger partial charge in [0.25, 0.3) is 0 Å². The minimum Gasteiger partial charge on any atom is -0.491 e. The van der Waals surface area contributed by atoms with E-state index in [1.54, 1.807) is 13.3 Å². The van der Waals surface area contributed by atoms with Gasteiger partial charge >= 0.3 is 0 Å². The summed E-state index contributed by atoms with van der Waals surface area (Å²) in [6.07, 6.45) is 1.66. The fraction of sp³-hybridized carbons (Fsp3) is 0.500. The summed E-state index contributed by atoms with van der Waals surface area (Å²) in [4.78, 5) is 13.4. The Bertz CT molecular complexity index is 782. The molecular formula is C20H25ClN4O. The van der Waals surface area contributed by atoms with E-state index >= 15 is 0 Å². The van der Waals surface area contributed by atoms with Gasteiger partial charge in [-0.25, -0.2) is 4.98 Å². The lowest BCUT2D eigenvalue weighted by molar-refractivity contribution is 0.212. The first-order chi connectivity index (χ1) is 12.4. The number of hydrogen-bond acceptors (Lipinski definition) is 5. The quantitative estimate of drug-likeness (QED) is 0.768. The van der Waals surface area contributed by atoms with Crippen molar-refractivity contribution in [1.82, 2.24) is 14.9 Å². The molecule has 0 aliphatic carbocycles. The SMILES string of the molecule is COc1cnc(Cl)nc1N1C[C@]2(C)CN(Cc3ccccc3)C[C@]2(C)C1. The van der Waals surface area contributed by atoms with Crippen LogP contribution in [0.2, 0.25) is 5.28 Å². The maximum Gasteiger partial charge on any atom is 0.224 e. The Balaban J connectivity index is 1.54. The van der Waals surface area contributed by atoms with Crippen LogP contribution < -0.4 is 9.64 Å². The van der Waals surface area contributed by atoms with Gasteiger partial charge < -0.3 is 9.64 Å². The second-order valence-electron chi connectivity index (χ2n) is 8.14. The van der Waals surface area contributed by atoms with Gasteiger partial charge in [0.05, 0.1) is 13.3 Å². The van der Waals surface area contributed by atoms with Crippen LogP contribution in [0.3, 0.4) is 0 Å². The molecule has 0 spiro atoms. The van der Waals surface area contributed by atoms with Crippen LogP contribution in [0.5, 0.6) is 5.75 Å². The molecule has 1 aromatic carbocycles. The zero-order valence-corrected chi connectivity index (χ0v) is 16.3. The molecule has 2 saturated heterocycles. The van der Waals surface area contributed by atoms with E-state index < -0.39 is 0 Å². The summed E-state index contributed by atoms with van der Waals surface area (Å²) in [6, 6.07) is 10.7. The highest BCUT2D eigenvalue weighted by Crippen LogP contribution is 2.53. The lowest BCUT2D eigenvalue weighted by Gasteiger charge is -2.30. The normalized spacial score (nSPS) is 28.4. The van der Waals surface area contributed by atoms with Crippen molar-refractivity contribution in [2.24, 2.45) is 10.8 Å². The van der Waals surface area contributed by atoms with Crippen LogP contribution in [0.1, 0.15) is 19.4 Å². The Morgan fingerprint density at radius 3 is 2.35 bits per heavy atom. The lowest BCUT2D eigenvalue weighted by Crippen LogP contribution is -2.34. The van der Waals surface area contributed by atoms with Gasteiger partial charge in [-0.15, -0.1) is 0 Å². The molecule has 0 unspecified atom stereocenters. The van der Waals surface area contributed by atoms with Gasteiger partial charge in [-0.3, -0.25) is 4.90 Å². The molecule has 26 heavy (non-hydrogen) atoms. The van der Waals surface area contributed by atoms with Crippen LogP contribution >= 0.6 is 11.6 Å². The van der Waals surface area contributed by atoms with Gasteiger partial charge in [-0.2, -0.15) is 4.98 Å². The Morgan fingerprint density at radius 2 is 1.73 bits per heavy atom. The van der Waals surface area contributed by atoms with E-state index in [1.165, 1.54) is 5.56 Å². The molecular weight excluding hydrogens is 348 g/mol. The number of benzene rings is 1. The molecule has 138 valence electrons. The third kappa shape index (κ3) is 2.93. The number of hydrogen-bond donors (Lipinski definition) is 0. The summed E-state index contributed by atoms with van der Waals surface area (Å²) in [5.74, 6) is 1.49.